The number of fused-ring (bicyclic) bond motifs is 1. The Kier molecular flexibility index (Phi) is 3.89. The monoisotopic (exact) mass is 276 g/mol. The van der Waals surface area contributed by atoms with Crippen LogP contribution in [-0.2, 0) is 6.42 Å². The maximum absolute atomic E-state index is 9.47. The first-order chi connectivity index (χ1) is 9.72. The van der Waals surface area contributed by atoms with Gasteiger partial charge in [0.15, 0.2) is 0 Å². The first-order valence-electron chi connectivity index (χ1n) is 7.19. The zero-order valence-electron chi connectivity index (χ0n) is 11.5. The second-order valence-electron chi connectivity index (χ2n) is 5.45. The Balaban J connectivity index is 1.52. The summed E-state index contributed by atoms with van der Waals surface area (Å²) in [6.07, 6.45) is 5.13. The van der Waals surface area contributed by atoms with E-state index in [1.165, 1.54) is 6.26 Å². The minimum atomic E-state index is -0.107. The summed E-state index contributed by atoms with van der Waals surface area (Å²) in [5, 5.41) is 19.6. The van der Waals surface area contributed by atoms with Gasteiger partial charge in [-0.1, -0.05) is 0 Å². The van der Waals surface area contributed by atoms with Crippen LogP contribution in [0.5, 0.6) is 5.95 Å². The van der Waals surface area contributed by atoms with E-state index in [-0.39, 0.29) is 12.1 Å². The Morgan fingerprint density at radius 2 is 2.10 bits per heavy atom. The summed E-state index contributed by atoms with van der Waals surface area (Å²) >= 11 is 0. The van der Waals surface area contributed by atoms with Gasteiger partial charge in [0.1, 0.15) is 11.8 Å². The van der Waals surface area contributed by atoms with Gasteiger partial charge < -0.3 is 19.5 Å². The van der Waals surface area contributed by atoms with Crippen LogP contribution in [-0.4, -0.2) is 45.8 Å². The zero-order valence-corrected chi connectivity index (χ0v) is 11.5. The largest absolute Gasteiger partial charge is 0.480 e. The van der Waals surface area contributed by atoms with E-state index in [0.717, 1.165) is 51.0 Å². The zero-order chi connectivity index (χ0) is 13.9. The lowest BCUT2D eigenvalue weighted by atomic mass is 10.1. The highest BCUT2D eigenvalue weighted by Gasteiger charge is 2.16. The molecule has 0 aliphatic carbocycles. The Morgan fingerprint density at radius 3 is 2.90 bits per heavy atom. The average molecular weight is 276 g/mol. The second-order valence-corrected chi connectivity index (χ2v) is 5.45. The van der Waals surface area contributed by atoms with Crippen molar-refractivity contribution in [2.45, 2.75) is 31.8 Å². The van der Waals surface area contributed by atoms with Crippen molar-refractivity contribution >= 4 is 10.9 Å². The van der Waals surface area contributed by atoms with E-state index in [2.05, 4.69) is 9.88 Å². The van der Waals surface area contributed by atoms with Gasteiger partial charge in [0.05, 0.1) is 11.5 Å². The summed E-state index contributed by atoms with van der Waals surface area (Å²) in [5.41, 5.74) is 1.73. The third-order valence-electron chi connectivity index (χ3n) is 3.96. The van der Waals surface area contributed by atoms with Crippen LogP contribution >= 0.6 is 0 Å². The minimum absolute atomic E-state index is 0.0640. The molecular formula is C15H20N2O3. The van der Waals surface area contributed by atoms with Gasteiger partial charge in [-0.3, -0.25) is 0 Å². The van der Waals surface area contributed by atoms with Crippen molar-refractivity contribution in [2.24, 2.45) is 0 Å². The SMILES string of the molecule is Oc1occ2nc(CCCN3CCC(O)CC3)ccc12. The summed E-state index contributed by atoms with van der Waals surface area (Å²) in [6.45, 7) is 3.02. The van der Waals surface area contributed by atoms with E-state index in [1.54, 1.807) is 0 Å². The van der Waals surface area contributed by atoms with Gasteiger partial charge >= 0.3 is 0 Å². The van der Waals surface area contributed by atoms with Crippen molar-refractivity contribution < 1.29 is 14.6 Å². The smallest absolute Gasteiger partial charge is 0.291 e. The number of furan rings is 1. The number of likely N-dealkylation sites (tertiary alicyclic amines) is 1. The van der Waals surface area contributed by atoms with Crippen molar-refractivity contribution in [1.29, 1.82) is 0 Å². The number of aryl methyl sites for hydroxylation is 1. The highest BCUT2D eigenvalue weighted by atomic mass is 16.5. The lowest BCUT2D eigenvalue weighted by Gasteiger charge is -2.29. The summed E-state index contributed by atoms with van der Waals surface area (Å²) in [6, 6.07) is 3.80. The number of aliphatic hydroxyl groups is 1. The van der Waals surface area contributed by atoms with E-state index in [1.807, 2.05) is 12.1 Å². The first kappa shape index (κ1) is 13.4. The molecule has 3 rings (SSSR count). The van der Waals surface area contributed by atoms with Crippen molar-refractivity contribution in [1.82, 2.24) is 9.88 Å². The molecule has 5 heteroatoms. The number of aromatic hydroxyl groups is 1. The Hall–Kier alpha value is -1.59. The van der Waals surface area contributed by atoms with Crippen LogP contribution in [0.25, 0.3) is 10.9 Å². The normalized spacial score (nSPS) is 17.9. The molecule has 1 aliphatic heterocycles. The fourth-order valence-corrected chi connectivity index (χ4v) is 2.73. The number of rotatable bonds is 4. The molecule has 0 saturated carbocycles. The molecule has 0 radical (unpaired) electrons. The van der Waals surface area contributed by atoms with Gasteiger partial charge in [0.25, 0.3) is 5.95 Å². The van der Waals surface area contributed by atoms with Crippen molar-refractivity contribution in [3.05, 3.63) is 24.1 Å². The Bertz CT molecular complexity index is 574. The highest BCUT2D eigenvalue weighted by molar-refractivity contribution is 5.82. The molecule has 1 saturated heterocycles. The number of aromatic nitrogens is 1. The molecular weight excluding hydrogens is 256 g/mol. The molecule has 2 N–H and O–H groups in total. The molecule has 0 spiro atoms. The average Bonchev–Trinajstić information content (AvgIpc) is 2.82. The molecule has 0 aromatic carbocycles. The third kappa shape index (κ3) is 2.94. The fraction of sp³-hybridized carbons (Fsp3) is 0.533. The van der Waals surface area contributed by atoms with Crippen molar-refractivity contribution in [3.63, 3.8) is 0 Å². The van der Waals surface area contributed by atoms with E-state index >= 15 is 0 Å². The molecule has 108 valence electrons. The number of hydrogen-bond donors (Lipinski definition) is 2. The number of pyridine rings is 1. The predicted octanol–water partition coefficient (Wildman–Crippen LogP) is 1.92. The molecule has 0 unspecified atom stereocenters. The molecule has 20 heavy (non-hydrogen) atoms. The highest BCUT2D eigenvalue weighted by Crippen LogP contribution is 2.25. The van der Waals surface area contributed by atoms with E-state index < -0.39 is 0 Å². The van der Waals surface area contributed by atoms with Crippen LogP contribution in [0.3, 0.4) is 0 Å². The minimum Gasteiger partial charge on any atom is -0.480 e. The molecule has 5 nitrogen and oxygen atoms in total. The lowest BCUT2D eigenvalue weighted by Crippen LogP contribution is -2.36. The molecule has 0 atom stereocenters. The Morgan fingerprint density at radius 1 is 1.30 bits per heavy atom. The molecule has 2 aromatic heterocycles. The summed E-state index contributed by atoms with van der Waals surface area (Å²) in [4.78, 5) is 6.88. The number of aliphatic hydroxyl groups excluding tert-OH is 1. The van der Waals surface area contributed by atoms with Crippen LogP contribution in [0.1, 0.15) is 25.0 Å². The van der Waals surface area contributed by atoms with Gasteiger partial charge in [-0.15, -0.1) is 0 Å². The van der Waals surface area contributed by atoms with Crippen LogP contribution in [0, 0.1) is 0 Å². The van der Waals surface area contributed by atoms with Crippen molar-refractivity contribution in [2.75, 3.05) is 19.6 Å². The Labute approximate surface area is 117 Å². The van der Waals surface area contributed by atoms with Gasteiger partial charge in [-0.05, 0) is 44.4 Å². The quantitative estimate of drug-likeness (QED) is 0.893. The van der Waals surface area contributed by atoms with Crippen LogP contribution < -0.4 is 0 Å². The van der Waals surface area contributed by atoms with Crippen LogP contribution in [0.15, 0.2) is 22.8 Å². The van der Waals surface area contributed by atoms with E-state index in [4.69, 9.17) is 4.42 Å². The lowest BCUT2D eigenvalue weighted by molar-refractivity contribution is 0.0821. The maximum Gasteiger partial charge on any atom is 0.291 e. The number of piperidine rings is 1. The molecule has 3 heterocycles. The van der Waals surface area contributed by atoms with Crippen LogP contribution in [0.4, 0.5) is 0 Å². The topological polar surface area (TPSA) is 69.7 Å². The fourth-order valence-electron chi connectivity index (χ4n) is 2.73. The molecule has 0 amide bonds. The molecule has 2 aromatic rings. The van der Waals surface area contributed by atoms with Crippen molar-refractivity contribution in [3.8, 4) is 5.95 Å². The summed E-state index contributed by atoms with van der Waals surface area (Å²) in [7, 11) is 0. The maximum atomic E-state index is 9.47. The third-order valence-corrected chi connectivity index (χ3v) is 3.96. The van der Waals surface area contributed by atoms with Gasteiger partial charge in [0.2, 0.25) is 0 Å². The standard InChI is InChI=1S/C15H20N2O3/c18-12-5-8-17(9-6-12)7-1-2-11-3-4-13-14(16-11)10-20-15(13)19/h3-4,10,12,18-19H,1-2,5-9H2. The number of hydrogen-bond acceptors (Lipinski definition) is 5. The number of nitrogens with zero attached hydrogens (tertiary/aromatic N) is 2. The van der Waals surface area contributed by atoms with E-state index in [0.29, 0.717) is 10.9 Å². The van der Waals surface area contributed by atoms with Gasteiger partial charge in [-0.25, -0.2) is 4.98 Å². The first-order valence-corrected chi connectivity index (χ1v) is 7.19. The second kappa shape index (κ2) is 5.81. The van der Waals surface area contributed by atoms with Gasteiger partial charge in [-0.2, -0.15) is 0 Å². The van der Waals surface area contributed by atoms with Gasteiger partial charge in [0, 0.05) is 18.8 Å². The molecule has 1 aliphatic rings. The predicted molar refractivity (Wildman–Crippen MR) is 75.7 cm³/mol. The summed E-state index contributed by atoms with van der Waals surface area (Å²) < 4.78 is 4.94. The molecule has 0 bridgehead atoms. The van der Waals surface area contributed by atoms with E-state index in [9.17, 15) is 10.2 Å². The summed E-state index contributed by atoms with van der Waals surface area (Å²) in [5.74, 6) is -0.0640. The van der Waals surface area contributed by atoms with Crippen LogP contribution in [0.2, 0.25) is 0 Å². The molecule has 1 fully saturated rings.